The Morgan fingerprint density at radius 1 is 1.30 bits per heavy atom. The molecule has 0 bridgehead atoms. The van der Waals surface area contributed by atoms with E-state index < -0.39 is 17.6 Å². The standard InChI is InChI=1S/C15H13BrF3N3O/c1-9-7-10(4-5-12(9)16)22-13(23)8-21-14-11(15(17,18)19)3-2-6-20-14/h2-7H,8H2,1H3,(H,20,21)(H,22,23). The first kappa shape index (κ1) is 17.3. The van der Waals surface area contributed by atoms with Gasteiger partial charge >= 0.3 is 6.18 Å². The second kappa shape index (κ2) is 6.99. The number of alkyl halides is 3. The lowest BCUT2D eigenvalue weighted by molar-refractivity contribution is -0.137. The van der Waals surface area contributed by atoms with Crippen LogP contribution >= 0.6 is 15.9 Å². The minimum Gasteiger partial charge on any atom is -0.360 e. The van der Waals surface area contributed by atoms with Crippen molar-refractivity contribution in [2.24, 2.45) is 0 Å². The molecule has 2 rings (SSSR count). The molecule has 0 saturated carbocycles. The monoisotopic (exact) mass is 387 g/mol. The molecule has 23 heavy (non-hydrogen) atoms. The molecule has 0 aliphatic rings. The Labute approximate surface area is 139 Å². The maximum absolute atomic E-state index is 12.8. The molecule has 0 radical (unpaired) electrons. The van der Waals surface area contributed by atoms with Gasteiger partial charge in [0.2, 0.25) is 5.91 Å². The van der Waals surface area contributed by atoms with Gasteiger partial charge in [-0.25, -0.2) is 4.98 Å². The van der Waals surface area contributed by atoms with Crippen LogP contribution in [0.15, 0.2) is 41.0 Å². The zero-order chi connectivity index (χ0) is 17.0. The summed E-state index contributed by atoms with van der Waals surface area (Å²) in [6.45, 7) is 1.54. The van der Waals surface area contributed by atoms with Crippen LogP contribution in [0.25, 0.3) is 0 Å². The van der Waals surface area contributed by atoms with Gasteiger partial charge < -0.3 is 10.6 Å². The predicted octanol–water partition coefficient (Wildman–Crippen LogP) is 4.22. The molecule has 122 valence electrons. The highest BCUT2D eigenvalue weighted by Crippen LogP contribution is 2.33. The molecule has 8 heteroatoms. The van der Waals surface area contributed by atoms with Gasteiger partial charge in [0.25, 0.3) is 0 Å². The van der Waals surface area contributed by atoms with Gasteiger partial charge in [-0.3, -0.25) is 4.79 Å². The first-order valence-electron chi connectivity index (χ1n) is 6.59. The molecule has 0 aliphatic heterocycles. The number of amides is 1. The van der Waals surface area contributed by atoms with Crippen LogP contribution in [-0.4, -0.2) is 17.4 Å². The summed E-state index contributed by atoms with van der Waals surface area (Å²) in [6.07, 6.45) is -3.30. The number of carbonyl (C=O) groups excluding carboxylic acids is 1. The summed E-state index contributed by atoms with van der Waals surface area (Å²) in [5.74, 6) is -0.840. The first-order valence-corrected chi connectivity index (χ1v) is 7.39. The van der Waals surface area contributed by atoms with Crippen LogP contribution in [0.5, 0.6) is 0 Å². The number of nitrogens with zero attached hydrogens (tertiary/aromatic N) is 1. The Bertz CT molecular complexity index is 719. The van der Waals surface area contributed by atoms with Gasteiger partial charge in [0.1, 0.15) is 5.82 Å². The molecule has 2 N–H and O–H groups in total. The van der Waals surface area contributed by atoms with E-state index in [1.54, 1.807) is 18.2 Å². The molecule has 0 unspecified atom stereocenters. The number of hydrogen-bond acceptors (Lipinski definition) is 3. The lowest BCUT2D eigenvalue weighted by Crippen LogP contribution is -2.23. The van der Waals surface area contributed by atoms with Gasteiger partial charge in [-0.2, -0.15) is 13.2 Å². The van der Waals surface area contributed by atoms with Crippen LogP contribution in [0.1, 0.15) is 11.1 Å². The second-order valence-electron chi connectivity index (χ2n) is 4.76. The highest BCUT2D eigenvalue weighted by atomic mass is 79.9. The molecule has 0 saturated heterocycles. The fourth-order valence-electron chi connectivity index (χ4n) is 1.87. The Morgan fingerprint density at radius 3 is 2.70 bits per heavy atom. The minimum absolute atomic E-state index is 0.324. The summed E-state index contributed by atoms with van der Waals surface area (Å²) in [5.41, 5.74) is 0.585. The molecule has 1 heterocycles. The summed E-state index contributed by atoms with van der Waals surface area (Å²) in [5, 5.41) is 5.02. The molecular weight excluding hydrogens is 375 g/mol. The maximum Gasteiger partial charge on any atom is 0.419 e. The van der Waals surface area contributed by atoms with E-state index in [-0.39, 0.29) is 12.4 Å². The third-order valence-electron chi connectivity index (χ3n) is 2.97. The van der Waals surface area contributed by atoms with Crippen molar-refractivity contribution in [3.05, 3.63) is 52.1 Å². The number of benzene rings is 1. The quantitative estimate of drug-likeness (QED) is 0.825. The van der Waals surface area contributed by atoms with Crippen LogP contribution in [0.2, 0.25) is 0 Å². The van der Waals surface area contributed by atoms with Crippen LogP contribution in [-0.2, 0) is 11.0 Å². The van der Waals surface area contributed by atoms with E-state index >= 15 is 0 Å². The fourth-order valence-corrected chi connectivity index (χ4v) is 2.11. The molecule has 1 aromatic heterocycles. The molecule has 0 atom stereocenters. The summed E-state index contributed by atoms with van der Waals surface area (Å²) in [4.78, 5) is 15.5. The molecule has 2 aromatic rings. The Morgan fingerprint density at radius 2 is 2.04 bits per heavy atom. The maximum atomic E-state index is 12.8. The van der Waals surface area contributed by atoms with Gasteiger partial charge in [0.15, 0.2) is 0 Å². The molecule has 1 aromatic carbocycles. The Hall–Kier alpha value is -2.09. The van der Waals surface area contributed by atoms with Crippen molar-refractivity contribution in [3.8, 4) is 0 Å². The number of rotatable bonds is 4. The SMILES string of the molecule is Cc1cc(NC(=O)CNc2ncccc2C(F)(F)F)ccc1Br. The summed E-state index contributed by atoms with van der Waals surface area (Å²) >= 11 is 3.34. The van der Waals surface area contributed by atoms with Crippen molar-refractivity contribution in [3.63, 3.8) is 0 Å². The van der Waals surface area contributed by atoms with Crippen LogP contribution in [0.4, 0.5) is 24.7 Å². The van der Waals surface area contributed by atoms with Crippen molar-refractivity contribution >= 4 is 33.3 Å². The van der Waals surface area contributed by atoms with Crippen molar-refractivity contribution in [1.82, 2.24) is 4.98 Å². The smallest absolute Gasteiger partial charge is 0.360 e. The number of carbonyl (C=O) groups is 1. The van der Waals surface area contributed by atoms with E-state index in [0.717, 1.165) is 16.1 Å². The van der Waals surface area contributed by atoms with E-state index in [4.69, 9.17) is 0 Å². The molecule has 0 fully saturated rings. The fraction of sp³-hybridized carbons (Fsp3) is 0.200. The first-order chi connectivity index (χ1) is 10.8. The topological polar surface area (TPSA) is 54.0 Å². The number of nitrogens with one attached hydrogen (secondary N) is 2. The minimum atomic E-state index is -4.53. The van der Waals surface area contributed by atoms with E-state index in [2.05, 4.69) is 31.5 Å². The average Bonchev–Trinajstić information content (AvgIpc) is 2.48. The number of hydrogen-bond donors (Lipinski definition) is 2. The molecule has 1 amide bonds. The summed E-state index contributed by atoms with van der Waals surface area (Å²) < 4.78 is 39.4. The number of aryl methyl sites for hydroxylation is 1. The molecule has 4 nitrogen and oxygen atoms in total. The van der Waals surface area contributed by atoms with Crippen LogP contribution < -0.4 is 10.6 Å². The number of anilines is 2. The normalized spacial score (nSPS) is 11.2. The summed E-state index contributed by atoms with van der Waals surface area (Å²) in [7, 11) is 0. The van der Waals surface area contributed by atoms with Crippen molar-refractivity contribution < 1.29 is 18.0 Å². The predicted molar refractivity (Wildman–Crippen MR) is 85.2 cm³/mol. The van der Waals surface area contributed by atoms with Crippen LogP contribution in [0.3, 0.4) is 0 Å². The van der Waals surface area contributed by atoms with Gasteiger partial charge in [-0.1, -0.05) is 15.9 Å². The van der Waals surface area contributed by atoms with Crippen molar-refractivity contribution in [2.45, 2.75) is 13.1 Å². The highest BCUT2D eigenvalue weighted by molar-refractivity contribution is 9.10. The number of halogens is 4. The zero-order valence-corrected chi connectivity index (χ0v) is 13.6. The van der Waals surface area contributed by atoms with E-state index in [0.29, 0.717) is 5.69 Å². The van der Waals surface area contributed by atoms with Crippen molar-refractivity contribution in [1.29, 1.82) is 0 Å². The Kier molecular flexibility index (Phi) is 5.25. The lowest BCUT2D eigenvalue weighted by atomic mass is 10.2. The second-order valence-corrected chi connectivity index (χ2v) is 5.62. The molecule has 0 aliphatic carbocycles. The van der Waals surface area contributed by atoms with Gasteiger partial charge in [0, 0.05) is 16.4 Å². The zero-order valence-electron chi connectivity index (χ0n) is 12.0. The lowest BCUT2D eigenvalue weighted by Gasteiger charge is -2.13. The molecular formula is C15H13BrF3N3O. The molecule has 0 spiro atoms. The number of pyridine rings is 1. The highest BCUT2D eigenvalue weighted by Gasteiger charge is 2.34. The largest absolute Gasteiger partial charge is 0.419 e. The van der Waals surface area contributed by atoms with E-state index in [9.17, 15) is 18.0 Å². The number of aromatic nitrogens is 1. The third-order valence-corrected chi connectivity index (χ3v) is 3.86. The van der Waals surface area contributed by atoms with Crippen molar-refractivity contribution in [2.75, 3.05) is 17.2 Å². The summed E-state index contributed by atoms with van der Waals surface area (Å²) in [6, 6.07) is 7.32. The third kappa shape index (κ3) is 4.69. The van der Waals surface area contributed by atoms with E-state index in [1.165, 1.54) is 12.3 Å². The average molecular weight is 388 g/mol. The van der Waals surface area contributed by atoms with Crippen LogP contribution in [0, 0.1) is 6.92 Å². The van der Waals surface area contributed by atoms with Gasteiger partial charge in [0.05, 0.1) is 12.1 Å². The van der Waals surface area contributed by atoms with Gasteiger partial charge in [-0.05, 0) is 42.8 Å². The Balaban J connectivity index is 2.01. The van der Waals surface area contributed by atoms with E-state index in [1.807, 2.05) is 6.92 Å². The van der Waals surface area contributed by atoms with Gasteiger partial charge in [-0.15, -0.1) is 0 Å².